The van der Waals surface area contributed by atoms with Crippen LogP contribution in [0.4, 0.5) is 5.69 Å². The van der Waals surface area contributed by atoms with Crippen molar-refractivity contribution in [2.75, 3.05) is 11.4 Å². The Morgan fingerprint density at radius 2 is 1.96 bits per heavy atom. The Bertz CT molecular complexity index is 908. The lowest BCUT2D eigenvalue weighted by Crippen LogP contribution is -2.28. The minimum absolute atomic E-state index is 0.126. The minimum atomic E-state index is -0.140. The van der Waals surface area contributed by atoms with Crippen LogP contribution < -0.4 is 4.90 Å². The summed E-state index contributed by atoms with van der Waals surface area (Å²) in [5.41, 5.74) is 2.63. The Kier molecular flexibility index (Phi) is 3.72. The van der Waals surface area contributed by atoms with Gasteiger partial charge in [-0.05, 0) is 32.4 Å². The first-order valence-electron chi connectivity index (χ1n) is 7.86. The van der Waals surface area contributed by atoms with Gasteiger partial charge in [-0.3, -0.25) is 9.20 Å². The van der Waals surface area contributed by atoms with E-state index in [-0.39, 0.29) is 11.2 Å². The highest BCUT2D eigenvalue weighted by atomic mass is 32.2. The molecule has 3 heterocycles. The van der Waals surface area contributed by atoms with Crippen molar-refractivity contribution in [3.63, 3.8) is 0 Å². The molecule has 0 saturated carbocycles. The van der Waals surface area contributed by atoms with Crippen molar-refractivity contribution in [1.29, 1.82) is 0 Å². The van der Waals surface area contributed by atoms with E-state index in [4.69, 9.17) is 0 Å². The maximum Gasteiger partial charge on any atom is 0.240 e. The third-order valence-electron chi connectivity index (χ3n) is 4.13. The van der Waals surface area contributed by atoms with E-state index in [0.717, 1.165) is 41.0 Å². The number of hydrogen-bond donors (Lipinski definition) is 0. The van der Waals surface area contributed by atoms with Crippen molar-refractivity contribution < 1.29 is 4.79 Å². The third kappa shape index (κ3) is 2.54. The molecule has 0 aliphatic carbocycles. The van der Waals surface area contributed by atoms with Gasteiger partial charge in [0.15, 0.2) is 10.8 Å². The SMILES string of the molecule is Cc1cc2nnc(SC3CCN(c4ccccc4)C3=O)n2c(C)n1. The van der Waals surface area contributed by atoms with Crippen molar-refractivity contribution in [3.05, 3.63) is 47.9 Å². The largest absolute Gasteiger partial charge is 0.311 e. The standard InChI is InChI=1S/C17H17N5OS/c1-11-10-15-19-20-17(22(15)12(2)18-11)24-14-8-9-21(16(14)23)13-6-4-3-5-7-13/h3-7,10,14H,8-9H2,1-2H3. The van der Waals surface area contributed by atoms with E-state index >= 15 is 0 Å². The molecule has 0 bridgehead atoms. The molecule has 0 N–H and O–H groups in total. The fourth-order valence-corrected chi connectivity index (χ4v) is 4.16. The smallest absolute Gasteiger partial charge is 0.240 e. The number of aromatic nitrogens is 4. The molecule has 1 saturated heterocycles. The zero-order valence-electron chi connectivity index (χ0n) is 13.5. The lowest BCUT2D eigenvalue weighted by Gasteiger charge is -2.16. The number of carbonyl (C=O) groups is 1. The average Bonchev–Trinajstić information content (AvgIpc) is 3.13. The predicted octanol–water partition coefficient (Wildman–Crippen LogP) is 2.64. The second kappa shape index (κ2) is 5.90. The first-order valence-corrected chi connectivity index (χ1v) is 8.74. The van der Waals surface area contributed by atoms with Gasteiger partial charge in [-0.1, -0.05) is 30.0 Å². The summed E-state index contributed by atoms with van der Waals surface area (Å²) in [5.74, 6) is 0.962. The Morgan fingerprint density at radius 3 is 2.75 bits per heavy atom. The van der Waals surface area contributed by atoms with Crippen LogP contribution in [0.5, 0.6) is 0 Å². The van der Waals surface area contributed by atoms with E-state index in [1.807, 2.05) is 59.5 Å². The van der Waals surface area contributed by atoms with Crippen molar-refractivity contribution >= 4 is 29.0 Å². The highest BCUT2D eigenvalue weighted by Crippen LogP contribution is 2.32. The lowest BCUT2D eigenvalue weighted by atomic mass is 10.3. The van der Waals surface area contributed by atoms with Crippen LogP contribution in [-0.4, -0.2) is 37.3 Å². The van der Waals surface area contributed by atoms with Gasteiger partial charge in [-0.15, -0.1) is 10.2 Å². The summed E-state index contributed by atoms with van der Waals surface area (Å²) in [6, 6.07) is 11.7. The van der Waals surface area contributed by atoms with Crippen LogP contribution in [0.3, 0.4) is 0 Å². The maximum atomic E-state index is 12.7. The first-order chi connectivity index (χ1) is 11.6. The van der Waals surface area contributed by atoms with Gasteiger partial charge in [0.2, 0.25) is 5.91 Å². The number of nitrogens with zero attached hydrogens (tertiary/aromatic N) is 5. The summed E-state index contributed by atoms with van der Waals surface area (Å²) in [6.45, 7) is 4.60. The summed E-state index contributed by atoms with van der Waals surface area (Å²) in [4.78, 5) is 19.0. The Morgan fingerprint density at radius 1 is 1.17 bits per heavy atom. The van der Waals surface area contributed by atoms with E-state index in [2.05, 4.69) is 15.2 Å². The minimum Gasteiger partial charge on any atom is -0.311 e. The van der Waals surface area contributed by atoms with Crippen LogP contribution in [0.1, 0.15) is 17.9 Å². The van der Waals surface area contributed by atoms with Crippen molar-refractivity contribution in [3.8, 4) is 0 Å². The fraction of sp³-hybridized carbons (Fsp3) is 0.294. The normalized spacial score (nSPS) is 17.8. The molecule has 6 nitrogen and oxygen atoms in total. The Labute approximate surface area is 143 Å². The van der Waals surface area contributed by atoms with E-state index in [0.29, 0.717) is 0 Å². The van der Waals surface area contributed by atoms with Crippen LogP contribution in [0.2, 0.25) is 0 Å². The predicted molar refractivity (Wildman–Crippen MR) is 93.3 cm³/mol. The van der Waals surface area contributed by atoms with Crippen LogP contribution in [0.25, 0.3) is 5.65 Å². The van der Waals surface area contributed by atoms with Gasteiger partial charge in [0.25, 0.3) is 0 Å². The van der Waals surface area contributed by atoms with Gasteiger partial charge in [0, 0.05) is 24.0 Å². The summed E-state index contributed by atoms with van der Waals surface area (Å²) in [5, 5.41) is 9.05. The highest BCUT2D eigenvalue weighted by Gasteiger charge is 2.34. The summed E-state index contributed by atoms with van der Waals surface area (Å²) < 4.78 is 1.91. The molecule has 0 radical (unpaired) electrons. The molecule has 0 spiro atoms. The van der Waals surface area contributed by atoms with E-state index in [1.54, 1.807) is 0 Å². The van der Waals surface area contributed by atoms with Crippen molar-refractivity contribution in [2.24, 2.45) is 0 Å². The number of para-hydroxylation sites is 1. The second-order valence-corrected chi connectivity index (χ2v) is 7.01. The molecular weight excluding hydrogens is 322 g/mol. The van der Waals surface area contributed by atoms with Crippen molar-refractivity contribution in [2.45, 2.75) is 30.7 Å². The molecule has 3 aromatic rings. The van der Waals surface area contributed by atoms with Gasteiger partial charge < -0.3 is 4.90 Å². The van der Waals surface area contributed by atoms with Crippen LogP contribution in [0, 0.1) is 13.8 Å². The number of aryl methyl sites for hydroxylation is 2. The van der Waals surface area contributed by atoms with Gasteiger partial charge in [-0.2, -0.15) is 0 Å². The number of anilines is 1. The van der Waals surface area contributed by atoms with Gasteiger partial charge in [0.05, 0.1) is 5.25 Å². The van der Waals surface area contributed by atoms with E-state index in [1.165, 1.54) is 11.8 Å². The molecule has 2 aromatic heterocycles. The molecule has 7 heteroatoms. The molecule has 1 fully saturated rings. The number of carbonyl (C=O) groups excluding carboxylic acids is 1. The third-order valence-corrected chi connectivity index (χ3v) is 5.33. The van der Waals surface area contributed by atoms with Gasteiger partial charge >= 0.3 is 0 Å². The molecule has 24 heavy (non-hydrogen) atoms. The number of rotatable bonds is 3. The van der Waals surface area contributed by atoms with E-state index < -0.39 is 0 Å². The lowest BCUT2D eigenvalue weighted by molar-refractivity contribution is -0.116. The van der Waals surface area contributed by atoms with Crippen LogP contribution in [-0.2, 0) is 4.79 Å². The molecular formula is C17H17N5OS. The van der Waals surface area contributed by atoms with Crippen LogP contribution in [0.15, 0.2) is 41.6 Å². The van der Waals surface area contributed by atoms with Crippen LogP contribution >= 0.6 is 11.8 Å². The summed E-state index contributed by atoms with van der Waals surface area (Å²) in [7, 11) is 0. The van der Waals surface area contributed by atoms with Gasteiger partial charge in [-0.25, -0.2) is 4.98 Å². The molecule has 1 aliphatic heterocycles. The average molecular weight is 339 g/mol. The molecule has 1 aromatic carbocycles. The highest BCUT2D eigenvalue weighted by molar-refractivity contribution is 8.00. The molecule has 122 valence electrons. The van der Waals surface area contributed by atoms with Gasteiger partial charge in [0.1, 0.15) is 5.82 Å². The number of thioether (sulfide) groups is 1. The number of amides is 1. The molecule has 1 aliphatic rings. The maximum absolute atomic E-state index is 12.7. The molecule has 4 rings (SSSR count). The molecule has 1 amide bonds. The topological polar surface area (TPSA) is 63.4 Å². The molecule has 1 atom stereocenters. The monoisotopic (exact) mass is 339 g/mol. The zero-order valence-corrected chi connectivity index (χ0v) is 14.3. The molecule has 1 unspecified atom stereocenters. The Balaban J connectivity index is 1.60. The first kappa shape index (κ1) is 15.1. The summed E-state index contributed by atoms with van der Waals surface area (Å²) in [6.07, 6.45) is 0.797. The number of hydrogen-bond acceptors (Lipinski definition) is 5. The summed E-state index contributed by atoms with van der Waals surface area (Å²) >= 11 is 1.47. The zero-order chi connectivity index (χ0) is 16.7. The second-order valence-electron chi connectivity index (χ2n) is 5.84. The van der Waals surface area contributed by atoms with E-state index in [9.17, 15) is 4.79 Å². The Hall–Kier alpha value is -2.41. The fourth-order valence-electron chi connectivity index (χ4n) is 3.03. The quantitative estimate of drug-likeness (QED) is 0.734. The number of fused-ring (bicyclic) bond motifs is 1. The number of benzene rings is 1. The van der Waals surface area contributed by atoms with Crippen molar-refractivity contribution in [1.82, 2.24) is 19.6 Å².